The number of benzene rings is 2. The Balaban J connectivity index is 1.64. The molecular formula is C26H27N5O. The number of aromatic nitrogens is 3. The van der Waals surface area contributed by atoms with E-state index in [1.165, 1.54) is 0 Å². The van der Waals surface area contributed by atoms with Gasteiger partial charge in [0.15, 0.2) is 0 Å². The minimum absolute atomic E-state index is 0.741. The molecule has 0 atom stereocenters. The molecule has 32 heavy (non-hydrogen) atoms. The Kier molecular flexibility index (Phi) is 5.45. The van der Waals surface area contributed by atoms with Gasteiger partial charge in [-0.2, -0.15) is 0 Å². The summed E-state index contributed by atoms with van der Waals surface area (Å²) in [7, 11) is 3.84. The van der Waals surface area contributed by atoms with Crippen LogP contribution in [0.1, 0.15) is 5.82 Å². The third-order valence-corrected chi connectivity index (χ3v) is 6.01. The maximum Gasteiger partial charge on any atom is 0.138 e. The molecule has 2 aromatic heterocycles. The zero-order valence-corrected chi connectivity index (χ0v) is 18.7. The van der Waals surface area contributed by atoms with Crippen LogP contribution in [-0.2, 0) is 0 Å². The molecule has 4 aromatic rings. The number of pyridine rings is 1. The fourth-order valence-electron chi connectivity index (χ4n) is 4.17. The quantitative estimate of drug-likeness (QED) is 0.482. The van der Waals surface area contributed by atoms with Crippen molar-refractivity contribution in [1.82, 2.24) is 19.9 Å². The number of rotatable bonds is 4. The molecule has 162 valence electrons. The van der Waals surface area contributed by atoms with Gasteiger partial charge in [-0.05, 0) is 56.4 Å². The van der Waals surface area contributed by atoms with Crippen molar-refractivity contribution < 1.29 is 4.74 Å². The second kappa shape index (κ2) is 8.55. The van der Waals surface area contributed by atoms with E-state index in [0.717, 1.165) is 77.0 Å². The fourth-order valence-corrected chi connectivity index (χ4v) is 4.17. The second-order valence-electron chi connectivity index (χ2n) is 8.26. The Hall–Kier alpha value is -3.51. The summed E-state index contributed by atoms with van der Waals surface area (Å²) in [6.45, 7) is 5.89. The van der Waals surface area contributed by atoms with Crippen LogP contribution in [0.2, 0.25) is 0 Å². The molecular weight excluding hydrogens is 398 g/mol. The number of ether oxygens (including phenoxy) is 1. The van der Waals surface area contributed by atoms with Gasteiger partial charge in [0.05, 0.1) is 24.0 Å². The minimum Gasteiger partial charge on any atom is -0.497 e. The summed E-state index contributed by atoms with van der Waals surface area (Å²) in [6.07, 6.45) is 0. The second-order valence-corrected chi connectivity index (χ2v) is 8.26. The Morgan fingerprint density at radius 2 is 1.53 bits per heavy atom. The standard InChI is InChI=1S/C26H27N5O/c1-18-27-24(19-8-10-21(32-3)11-9-19)17-25(28-18)22-16-20-6-4-5-7-23(20)29-26(22)31-14-12-30(2)13-15-31/h4-11,16-17H,12-15H2,1-3H3. The Labute approximate surface area is 188 Å². The van der Waals surface area contributed by atoms with Crippen molar-refractivity contribution in [3.8, 4) is 28.3 Å². The van der Waals surface area contributed by atoms with E-state index < -0.39 is 0 Å². The molecule has 5 rings (SSSR count). The van der Waals surface area contributed by atoms with Crippen LogP contribution in [0.3, 0.4) is 0 Å². The van der Waals surface area contributed by atoms with Gasteiger partial charge in [0.2, 0.25) is 0 Å². The summed E-state index contributed by atoms with van der Waals surface area (Å²) in [4.78, 5) is 19.4. The maximum absolute atomic E-state index is 5.30. The van der Waals surface area contributed by atoms with Gasteiger partial charge in [-0.25, -0.2) is 15.0 Å². The molecule has 3 heterocycles. The third kappa shape index (κ3) is 4.01. The average Bonchev–Trinajstić information content (AvgIpc) is 2.83. The van der Waals surface area contributed by atoms with Crippen LogP contribution in [0, 0.1) is 6.92 Å². The Bertz CT molecular complexity index is 1250. The molecule has 0 bridgehead atoms. The van der Waals surface area contributed by atoms with Gasteiger partial charge < -0.3 is 14.5 Å². The summed E-state index contributed by atoms with van der Waals surface area (Å²) in [5, 5.41) is 1.11. The van der Waals surface area contributed by atoms with E-state index in [1.54, 1.807) is 7.11 Å². The van der Waals surface area contributed by atoms with E-state index in [4.69, 9.17) is 19.7 Å². The van der Waals surface area contributed by atoms with Crippen molar-refractivity contribution in [2.24, 2.45) is 0 Å². The normalized spacial score (nSPS) is 14.7. The Morgan fingerprint density at radius 1 is 0.812 bits per heavy atom. The van der Waals surface area contributed by atoms with Crippen LogP contribution in [0.4, 0.5) is 5.82 Å². The first kappa shape index (κ1) is 20.4. The summed E-state index contributed by atoms with van der Waals surface area (Å²) in [5.41, 5.74) is 4.88. The molecule has 6 nitrogen and oxygen atoms in total. The minimum atomic E-state index is 0.741. The number of hydrogen-bond acceptors (Lipinski definition) is 6. The van der Waals surface area contributed by atoms with Gasteiger partial charge in [-0.1, -0.05) is 18.2 Å². The van der Waals surface area contributed by atoms with Gasteiger partial charge in [0.1, 0.15) is 17.4 Å². The highest BCUT2D eigenvalue weighted by atomic mass is 16.5. The summed E-state index contributed by atoms with van der Waals surface area (Å²) >= 11 is 0. The highest BCUT2D eigenvalue weighted by Crippen LogP contribution is 2.34. The van der Waals surface area contributed by atoms with Crippen molar-refractivity contribution in [2.75, 3.05) is 45.2 Å². The molecule has 0 saturated carbocycles. The molecule has 0 aliphatic carbocycles. The fraction of sp³-hybridized carbons (Fsp3) is 0.269. The number of aryl methyl sites for hydroxylation is 1. The van der Waals surface area contributed by atoms with E-state index in [2.05, 4.69) is 47.2 Å². The first-order chi connectivity index (χ1) is 15.6. The summed E-state index contributed by atoms with van der Waals surface area (Å²) in [5.74, 6) is 2.57. The molecule has 1 fully saturated rings. The molecule has 1 aliphatic rings. The highest BCUT2D eigenvalue weighted by Gasteiger charge is 2.21. The number of hydrogen-bond donors (Lipinski definition) is 0. The lowest BCUT2D eigenvalue weighted by Crippen LogP contribution is -2.45. The predicted molar refractivity (Wildman–Crippen MR) is 129 cm³/mol. The lowest BCUT2D eigenvalue weighted by Gasteiger charge is -2.34. The smallest absolute Gasteiger partial charge is 0.138 e. The Morgan fingerprint density at radius 3 is 2.28 bits per heavy atom. The highest BCUT2D eigenvalue weighted by molar-refractivity contribution is 5.89. The van der Waals surface area contributed by atoms with Gasteiger partial charge in [-0.15, -0.1) is 0 Å². The van der Waals surface area contributed by atoms with Crippen molar-refractivity contribution >= 4 is 16.7 Å². The van der Waals surface area contributed by atoms with Gasteiger partial charge in [0.25, 0.3) is 0 Å². The van der Waals surface area contributed by atoms with Crippen molar-refractivity contribution in [3.63, 3.8) is 0 Å². The zero-order valence-electron chi connectivity index (χ0n) is 18.7. The van der Waals surface area contributed by atoms with Crippen LogP contribution in [0.15, 0.2) is 60.7 Å². The van der Waals surface area contributed by atoms with Gasteiger partial charge in [0, 0.05) is 42.7 Å². The number of para-hydroxylation sites is 1. The molecule has 1 aliphatic heterocycles. The van der Waals surface area contributed by atoms with Crippen molar-refractivity contribution in [1.29, 1.82) is 0 Å². The first-order valence-corrected chi connectivity index (χ1v) is 10.9. The number of fused-ring (bicyclic) bond motifs is 1. The van der Waals surface area contributed by atoms with Crippen LogP contribution in [0.25, 0.3) is 33.4 Å². The van der Waals surface area contributed by atoms with E-state index >= 15 is 0 Å². The number of nitrogens with zero attached hydrogens (tertiary/aromatic N) is 5. The zero-order chi connectivity index (χ0) is 22.1. The van der Waals surface area contributed by atoms with Gasteiger partial charge >= 0.3 is 0 Å². The van der Waals surface area contributed by atoms with Gasteiger partial charge in [-0.3, -0.25) is 0 Å². The molecule has 0 unspecified atom stereocenters. The first-order valence-electron chi connectivity index (χ1n) is 10.9. The molecule has 0 amide bonds. The van der Waals surface area contributed by atoms with Crippen LogP contribution in [0.5, 0.6) is 5.75 Å². The van der Waals surface area contributed by atoms with Crippen LogP contribution in [-0.4, -0.2) is 60.2 Å². The topological polar surface area (TPSA) is 54.4 Å². The largest absolute Gasteiger partial charge is 0.497 e. The number of methoxy groups -OCH3 is 1. The summed E-state index contributed by atoms with van der Waals surface area (Å²) < 4.78 is 5.30. The van der Waals surface area contributed by atoms with E-state index in [1.807, 2.05) is 37.3 Å². The molecule has 6 heteroatoms. The van der Waals surface area contributed by atoms with Crippen LogP contribution < -0.4 is 9.64 Å². The number of anilines is 1. The molecule has 0 N–H and O–H groups in total. The number of likely N-dealkylation sites (N-methyl/N-ethyl adjacent to an activating group) is 1. The monoisotopic (exact) mass is 425 g/mol. The maximum atomic E-state index is 5.30. The lowest BCUT2D eigenvalue weighted by atomic mass is 10.0. The SMILES string of the molecule is COc1ccc(-c2cc(-c3cc4ccccc4nc3N3CCN(C)CC3)nc(C)n2)cc1. The third-order valence-electron chi connectivity index (χ3n) is 6.01. The lowest BCUT2D eigenvalue weighted by molar-refractivity contribution is 0.312. The molecule has 0 spiro atoms. The van der Waals surface area contributed by atoms with E-state index in [-0.39, 0.29) is 0 Å². The van der Waals surface area contributed by atoms with Crippen LogP contribution >= 0.6 is 0 Å². The summed E-state index contributed by atoms with van der Waals surface area (Å²) in [6, 6.07) is 20.5. The van der Waals surface area contributed by atoms with E-state index in [0.29, 0.717) is 0 Å². The molecule has 2 aromatic carbocycles. The average molecular weight is 426 g/mol. The van der Waals surface area contributed by atoms with Crippen molar-refractivity contribution in [2.45, 2.75) is 6.92 Å². The van der Waals surface area contributed by atoms with Crippen molar-refractivity contribution in [3.05, 3.63) is 66.5 Å². The molecule has 0 radical (unpaired) electrons. The number of piperazine rings is 1. The van der Waals surface area contributed by atoms with E-state index in [9.17, 15) is 0 Å². The predicted octanol–water partition coefficient (Wildman–Crippen LogP) is 4.43. The molecule has 1 saturated heterocycles.